The summed E-state index contributed by atoms with van der Waals surface area (Å²) in [5.41, 5.74) is 2.57. The number of aromatic nitrogens is 2. The molecular formula is C24H37ClN2O4Si. The summed E-state index contributed by atoms with van der Waals surface area (Å²) in [5, 5.41) is 8.89. The smallest absolute Gasteiger partial charge is 0.155 e. The molecule has 0 aliphatic heterocycles. The molecule has 0 aliphatic rings. The van der Waals surface area contributed by atoms with Gasteiger partial charge in [0, 0.05) is 31.7 Å². The van der Waals surface area contributed by atoms with Crippen molar-refractivity contribution >= 4 is 19.7 Å². The molecule has 0 amide bonds. The molecule has 178 valence electrons. The number of benzene rings is 1. The highest BCUT2D eigenvalue weighted by Gasteiger charge is 2.26. The van der Waals surface area contributed by atoms with E-state index in [0.717, 1.165) is 53.8 Å². The average Bonchev–Trinajstić information content (AvgIpc) is 2.74. The van der Waals surface area contributed by atoms with Crippen molar-refractivity contribution in [2.24, 2.45) is 0 Å². The molecule has 1 aromatic heterocycles. The molecule has 0 aliphatic carbocycles. The van der Waals surface area contributed by atoms with Crippen LogP contribution in [0.25, 0.3) is 0 Å². The van der Waals surface area contributed by atoms with Gasteiger partial charge in [0.25, 0.3) is 0 Å². The van der Waals surface area contributed by atoms with E-state index in [-0.39, 0.29) is 12.2 Å². The van der Waals surface area contributed by atoms with E-state index in [9.17, 15) is 0 Å². The molecule has 0 saturated heterocycles. The molecule has 0 fully saturated rings. The zero-order valence-electron chi connectivity index (χ0n) is 20.5. The van der Waals surface area contributed by atoms with E-state index < -0.39 is 8.07 Å². The lowest BCUT2D eigenvalue weighted by molar-refractivity contribution is -0.0623. The standard InChI is InChI=1S/C24H37ClN2O4Si/c1-24(2,16-31-17-30-12-13-32(5,6)7)21-14-19(26-27-23(21)25)10-8-18-9-11-20(28-3)15-22(18)29-4/h9,11,14-15H,8,10,12-13,16-17H2,1-7H3. The Kier molecular flexibility index (Phi) is 9.95. The largest absolute Gasteiger partial charge is 0.497 e. The molecular weight excluding hydrogens is 444 g/mol. The third kappa shape index (κ3) is 8.35. The number of hydrogen-bond acceptors (Lipinski definition) is 6. The maximum Gasteiger partial charge on any atom is 0.155 e. The summed E-state index contributed by atoms with van der Waals surface area (Å²) in [6.45, 7) is 12.7. The topological polar surface area (TPSA) is 62.7 Å². The third-order valence-corrected chi connectivity index (χ3v) is 7.28. The molecule has 32 heavy (non-hydrogen) atoms. The van der Waals surface area contributed by atoms with E-state index in [2.05, 4.69) is 43.7 Å². The number of nitrogens with zero attached hydrogens (tertiary/aromatic N) is 2. The summed E-state index contributed by atoms with van der Waals surface area (Å²) in [5.74, 6) is 1.57. The van der Waals surface area contributed by atoms with E-state index in [1.807, 2.05) is 24.3 Å². The second kappa shape index (κ2) is 12.0. The van der Waals surface area contributed by atoms with Crippen LogP contribution in [0.4, 0.5) is 0 Å². The Hall–Kier alpha value is -1.67. The Morgan fingerprint density at radius 1 is 0.969 bits per heavy atom. The molecule has 0 N–H and O–H groups in total. The van der Waals surface area contributed by atoms with E-state index in [1.54, 1.807) is 14.2 Å². The predicted octanol–water partition coefficient (Wildman–Crippen LogP) is 5.54. The van der Waals surface area contributed by atoms with Crippen LogP contribution < -0.4 is 9.47 Å². The summed E-state index contributed by atoms with van der Waals surface area (Å²) >= 11 is 6.40. The fourth-order valence-electron chi connectivity index (χ4n) is 3.21. The second-order valence-electron chi connectivity index (χ2n) is 9.79. The van der Waals surface area contributed by atoms with Crippen LogP contribution in [0.2, 0.25) is 30.8 Å². The van der Waals surface area contributed by atoms with Gasteiger partial charge in [-0.3, -0.25) is 0 Å². The van der Waals surface area contributed by atoms with Crippen molar-refractivity contribution in [1.29, 1.82) is 0 Å². The molecule has 0 spiro atoms. The fraction of sp³-hybridized carbons (Fsp3) is 0.583. The monoisotopic (exact) mass is 480 g/mol. The van der Waals surface area contributed by atoms with Crippen LogP contribution in [0, 0.1) is 0 Å². The summed E-state index contributed by atoms with van der Waals surface area (Å²) < 4.78 is 22.2. The summed E-state index contributed by atoms with van der Waals surface area (Å²) in [7, 11) is 2.21. The number of halogens is 1. The maximum absolute atomic E-state index is 6.40. The first-order chi connectivity index (χ1) is 15.1. The van der Waals surface area contributed by atoms with E-state index in [4.69, 9.17) is 30.5 Å². The number of aryl methyl sites for hydroxylation is 2. The molecule has 0 atom stereocenters. The lowest BCUT2D eigenvalue weighted by Crippen LogP contribution is -2.27. The highest BCUT2D eigenvalue weighted by atomic mass is 35.5. The van der Waals surface area contributed by atoms with Crippen molar-refractivity contribution in [3.8, 4) is 11.5 Å². The van der Waals surface area contributed by atoms with E-state index >= 15 is 0 Å². The first-order valence-corrected chi connectivity index (χ1v) is 15.0. The molecule has 0 radical (unpaired) electrons. The quantitative estimate of drug-likeness (QED) is 0.213. The number of rotatable bonds is 13. The van der Waals surface area contributed by atoms with Crippen LogP contribution >= 0.6 is 11.6 Å². The van der Waals surface area contributed by atoms with Crippen molar-refractivity contribution in [3.05, 3.63) is 46.2 Å². The Morgan fingerprint density at radius 2 is 1.72 bits per heavy atom. The van der Waals surface area contributed by atoms with Crippen LogP contribution in [0.1, 0.15) is 30.7 Å². The maximum atomic E-state index is 6.40. The van der Waals surface area contributed by atoms with Crippen LogP contribution in [-0.4, -0.2) is 52.5 Å². The van der Waals surface area contributed by atoms with Crippen molar-refractivity contribution in [2.75, 3.05) is 34.2 Å². The SMILES string of the molecule is COc1ccc(CCc2cc(C(C)(C)COCOCC[Si](C)(C)C)c(Cl)nn2)c(OC)c1. The second-order valence-corrected chi connectivity index (χ2v) is 15.8. The zero-order chi connectivity index (χ0) is 23.8. The van der Waals surface area contributed by atoms with Crippen LogP contribution in [-0.2, 0) is 27.7 Å². The Bertz CT molecular complexity index is 872. The Labute approximate surface area is 198 Å². The fourth-order valence-corrected chi connectivity index (χ4v) is 4.31. The lowest BCUT2D eigenvalue weighted by atomic mass is 9.86. The molecule has 0 saturated carbocycles. The molecule has 1 heterocycles. The third-order valence-electron chi connectivity index (χ3n) is 5.30. The first kappa shape index (κ1) is 26.6. The predicted molar refractivity (Wildman–Crippen MR) is 132 cm³/mol. The minimum absolute atomic E-state index is 0.286. The van der Waals surface area contributed by atoms with Crippen molar-refractivity contribution < 1.29 is 18.9 Å². The van der Waals surface area contributed by atoms with Crippen LogP contribution in [0.15, 0.2) is 24.3 Å². The van der Waals surface area contributed by atoms with Crippen LogP contribution in [0.5, 0.6) is 11.5 Å². The Balaban J connectivity index is 1.97. The molecule has 8 heteroatoms. The zero-order valence-corrected chi connectivity index (χ0v) is 22.2. The average molecular weight is 481 g/mol. The van der Waals surface area contributed by atoms with Gasteiger partial charge in [-0.2, -0.15) is 5.10 Å². The van der Waals surface area contributed by atoms with Gasteiger partial charge in [0.15, 0.2) is 5.15 Å². The number of ether oxygens (including phenoxy) is 4. The van der Waals surface area contributed by atoms with Crippen molar-refractivity contribution in [1.82, 2.24) is 10.2 Å². The van der Waals surface area contributed by atoms with Gasteiger partial charge in [0.2, 0.25) is 0 Å². The van der Waals surface area contributed by atoms with Gasteiger partial charge in [0.05, 0.1) is 26.5 Å². The van der Waals surface area contributed by atoms with Gasteiger partial charge in [0.1, 0.15) is 18.3 Å². The highest BCUT2D eigenvalue weighted by molar-refractivity contribution is 6.76. The van der Waals surface area contributed by atoms with E-state index in [0.29, 0.717) is 11.8 Å². The number of hydrogen-bond donors (Lipinski definition) is 0. The minimum atomic E-state index is -1.09. The normalized spacial score (nSPS) is 12.1. The van der Waals surface area contributed by atoms with E-state index in [1.165, 1.54) is 0 Å². The van der Waals surface area contributed by atoms with Gasteiger partial charge in [-0.15, -0.1) is 5.10 Å². The highest BCUT2D eigenvalue weighted by Crippen LogP contribution is 2.30. The van der Waals surface area contributed by atoms with Gasteiger partial charge in [-0.25, -0.2) is 0 Å². The summed E-state index contributed by atoms with van der Waals surface area (Å²) in [6, 6.07) is 8.99. The summed E-state index contributed by atoms with van der Waals surface area (Å²) in [6.07, 6.45) is 1.49. The molecule has 2 rings (SSSR count). The van der Waals surface area contributed by atoms with Gasteiger partial charge in [-0.05, 0) is 36.6 Å². The van der Waals surface area contributed by atoms with Crippen molar-refractivity contribution in [3.63, 3.8) is 0 Å². The molecule has 0 bridgehead atoms. The van der Waals surface area contributed by atoms with Gasteiger partial charge < -0.3 is 18.9 Å². The molecule has 0 unspecified atom stereocenters. The summed E-state index contributed by atoms with van der Waals surface area (Å²) in [4.78, 5) is 0. The molecule has 2 aromatic rings. The van der Waals surface area contributed by atoms with Gasteiger partial charge >= 0.3 is 0 Å². The van der Waals surface area contributed by atoms with Crippen molar-refractivity contribution in [2.45, 2.75) is 57.8 Å². The molecule has 1 aromatic carbocycles. The lowest BCUT2D eigenvalue weighted by Gasteiger charge is -2.26. The minimum Gasteiger partial charge on any atom is -0.497 e. The first-order valence-electron chi connectivity index (χ1n) is 10.9. The molecule has 6 nitrogen and oxygen atoms in total. The van der Waals surface area contributed by atoms with Gasteiger partial charge in [-0.1, -0.05) is 51.2 Å². The number of methoxy groups -OCH3 is 2. The van der Waals surface area contributed by atoms with Crippen LogP contribution in [0.3, 0.4) is 0 Å². The Morgan fingerprint density at radius 3 is 2.38 bits per heavy atom.